The second-order valence-corrected chi connectivity index (χ2v) is 5.25. The van der Waals surface area contributed by atoms with Crippen LogP contribution in [0.5, 0.6) is 0 Å². The summed E-state index contributed by atoms with van der Waals surface area (Å²) in [4.78, 5) is 22.8. The molecule has 0 radical (unpaired) electrons. The van der Waals surface area contributed by atoms with Gasteiger partial charge in [0.2, 0.25) is 0 Å². The normalized spacial score (nSPS) is 29.0. The number of rotatable bonds is 3. The van der Waals surface area contributed by atoms with Gasteiger partial charge in [-0.15, -0.1) is 0 Å². The van der Waals surface area contributed by atoms with E-state index in [9.17, 15) is 4.79 Å². The van der Waals surface area contributed by atoms with Gasteiger partial charge in [-0.3, -0.25) is 4.79 Å². The molecule has 1 amide bonds. The zero-order valence-corrected chi connectivity index (χ0v) is 11.1. The fraction of sp³-hybridized carbons (Fsp3) is 0.615. The standard InChI is InChI=1S/C13H19N5O/c1-14-12-7-15-10(6-16-12)13(19)17-11-8-18-4-2-9(11)3-5-18/h6-7,9,11H,2-5,8H2,1H3,(H,14,16)(H,17,19). The lowest BCUT2D eigenvalue weighted by molar-refractivity contribution is 0.0617. The zero-order valence-electron chi connectivity index (χ0n) is 11.1. The van der Waals surface area contributed by atoms with Gasteiger partial charge in [-0.1, -0.05) is 0 Å². The van der Waals surface area contributed by atoms with Gasteiger partial charge in [-0.05, 0) is 31.8 Å². The second kappa shape index (κ2) is 5.13. The minimum absolute atomic E-state index is 0.117. The van der Waals surface area contributed by atoms with E-state index < -0.39 is 0 Å². The third-order valence-corrected chi connectivity index (χ3v) is 4.11. The number of hydrogen-bond acceptors (Lipinski definition) is 5. The number of nitrogens with one attached hydrogen (secondary N) is 2. The van der Waals surface area contributed by atoms with Crippen LogP contribution in [0.1, 0.15) is 23.3 Å². The van der Waals surface area contributed by atoms with Gasteiger partial charge in [0, 0.05) is 19.6 Å². The number of fused-ring (bicyclic) bond motifs is 3. The first-order chi connectivity index (χ1) is 9.26. The molecule has 3 aliphatic rings. The van der Waals surface area contributed by atoms with Crippen molar-refractivity contribution >= 4 is 11.7 Å². The quantitative estimate of drug-likeness (QED) is 0.821. The van der Waals surface area contributed by atoms with Crippen LogP contribution in [0.15, 0.2) is 12.4 Å². The van der Waals surface area contributed by atoms with Crippen molar-refractivity contribution in [3.63, 3.8) is 0 Å². The largest absolute Gasteiger partial charge is 0.372 e. The molecule has 6 nitrogen and oxygen atoms in total. The Bertz CT molecular complexity index is 453. The lowest BCUT2D eigenvalue weighted by Gasteiger charge is -2.44. The van der Waals surface area contributed by atoms with Gasteiger partial charge >= 0.3 is 0 Å². The zero-order chi connectivity index (χ0) is 13.2. The maximum atomic E-state index is 12.1. The fourth-order valence-electron chi connectivity index (χ4n) is 2.95. The van der Waals surface area contributed by atoms with Crippen LogP contribution in [0, 0.1) is 5.92 Å². The van der Waals surface area contributed by atoms with Crippen LogP contribution in [-0.2, 0) is 0 Å². The molecule has 2 bridgehead atoms. The molecule has 3 saturated heterocycles. The molecule has 3 aliphatic heterocycles. The van der Waals surface area contributed by atoms with Crippen molar-refractivity contribution in [1.82, 2.24) is 20.2 Å². The maximum Gasteiger partial charge on any atom is 0.271 e. The third kappa shape index (κ3) is 2.53. The van der Waals surface area contributed by atoms with Gasteiger partial charge in [-0.25, -0.2) is 9.97 Å². The van der Waals surface area contributed by atoms with Crippen molar-refractivity contribution in [1.29, 1.82) is 0 Å². The number of piperidine rings is 3. The smallest absolute Gasteiger partial charge is 0.271 e. The van der Waals surface area contributed by atoms with Crippen molar-refractivity contribution in [2.45, 2.75) is 18.9 Å². The average molecular weight is 261 g/mol. The Morgan fingerprint density at radius 3 is 2.63 bits per heavy atom. The number of hydrogen-bond donors (Lipinski definition) is 2. The Kier molecular flexibility index (Phi) is 3.33. The molecular weight excluding hydrogens is 242 g/mol. The van der Waals surface area contributed by atoms with Crippen LogP contribution in [0.25, 0.3) is 0 Å². The molecule has 102 valence electrons. The molecule has 1 unspecified atom stereocenters. The predicted molar refractivity (Wildman–Crippen MR) is 72.0 cm³/mol. The predicted octanol–water partition coefficient (Wildman–Crippen LogP) is 0.342. The van der Waals surface area contributed by atoms with Crippen LogP contribution in [0.2, 0.25) is 0 Å². The van der Waals surface area contributed by atoms with Gasteiger partial charge in [0.15, 0.2) is 0 Å². The molecule has 3 fully saturated rings. The monoisotopic (exact) mass is 261 g/mol. The van der Waals surface area contributed by atoms with E-state index in [0.29, 0.717) is 17.4 Å². The maximum absolute atomic E-state index is 12.1. The van der Waals surface area contributed by atoms with Crippen molar-refractivity contribution in [2.75, 3.05) is 32.0 Å². The van der Waals surface area contributed by atoms with E-state index >= 15 is 0 Å². The number of amides is 1. The molecule has 19 heavy (non-hydrogen) atoms. The lowest BCUT2D eigenvalue weighted by atomic mass is 9.84. The Balaban J connectivity index is 1.64. The Morgan fingerprint density at radius 2 is 2.11 bits per heavy atom. The topological polar surface area (TPSA) is 70.2 Å². The summed E-state index contributed by atoms with van der Waals surface area (Å²) in [6, 6.07) is 0.265. The van der Waals surface area contributed by atoms with Crippen LogP contribution in [-0.4, -0.2) is 53.5 Å². The molecular formula is C13H19N5O. The number of aromatic nitrogens is 2. The minimum Gasteiger partial charge on any atom is -0.372 e. The van der Waals surface area contributed by atoms with Crippen molar-refractivity contribution in [3.8, 4) is 0 Å². The summed E-state index contributed by atoms with van der Waals surface area (Å²) in [5, 5.41) is 5.99. The molecule has 0 aromatic carbocycles. The molecule has 4 rings (SSSR count). The van der Waals surface area contributed by atoms with Gasteiger partial charge in [-0.2, -0.15) is 0 Å². The summed E-state index contributed by atoms with van der Waals surface area (Å²) in [5.74, 6) is 1.17. The Morgan fingerprint density at radius 1 is 1.32 bits per heavy atom. The first-order valence-corrected chi connectivity index (χ1v) is 6.79. The first-order valence-electron chi connectivity index (χ1n) is 6.79. The van der Waals surface area contributed by atoms with E-state index in [2.05, 4.69) is 25.5 Å². The highest BCUT2D eigenvalue weighted by atomic mass is 16.2. The molecule has 0 spiro atoms. The van der Waals surface area contributed by atoms with Crippen LogP contribution >= 0.6 is 0 Å². The van der Waals surface area contributed by atoms with Crippen molar-refractivity contribution in [2.24, 2.45) is 5.92 Å². The summed E-state index contributed by atoms with van der Waals surface area (Å²) in [5.41, 5.74) is 0.385. The highest BCUT2D eigenvalue weighted by Gasteiger charge is 2.35. The molecule has 1 aromatic rings. The van der Waals surface area contributed by atoms with Gasteiger partial charge in [0.05, 0.1) is 12.4 Å². The number of carbonyl (C=O) groups is 1. The second-order valence-electron chi connectivity index (χ2n) is 5.25. The summed E-state index contributed by atoms with van der Waals surface area (Å²) in [7, 11) is 1.77. The Hall–Kier alpha value is -1.69. The van der Waals surface area contributed by atoms with E-state index in [1.54, 1.807) is 13.2 Å². The fourth-order valence-corrected chi connectivity index (χ4v) is 2.95. The third-order valence-electron chi connectivity index (χ3n) is 4.11. The molecule has 0 saturated carbocycles. The first kappa shape index (κ1) is 12.3. The SMILES string of the molecule is CNc1cnc(C(=O)NC2CN3CCC2CC3)cn1. The van der Waals surface area contributed by atoms with E-state index in [4.69, 9.17) is 0 Å². The molecule has 4 heterocycles. The molecule has 1 aromatic heterocycles. The molecule has 0 aliphatic carbocycles. The van der Waals surface area contributed by atoms with E-state index in [1.807, 2.05) is 0 Å². The van der Waals surface area contributed by atoms with Crippen molar-refractivity contribution < 1.29 is 4.79 Å². The number of anilines is 1. The van der Waals surface area contributed by atoms with E-state index in [1.165, 1.54) is 32.1 Å². The van der Waals surface area contributed by atoms with Crippen LogP contribution < -0.4 is 10.6 Å². The summed E-state index contributed by atoms with van der Waals surface area (Å²) in [6.07, 6.45) is 5.47. The lowest BCUT2D eigenvalue weighted by Crippen LogP contribution is -2.57. The molecule has 1 atom stereocenters. The minimum atomic E-state index is -0.117. The van der Waals surface area contributed by atoms with Gasteiger partial charge in [0.1, 0.15) is 11.5 Å². The van der Waals surface area contributed by atoms with Crippen molar-refractivity contribution in [3.05, 3.63) is 18.1 Å². The van der Waals surface area contributed by atoms with Gasteiger partial charge in [0.25, 0.3) is 5.91 Å². The summed E-state index contributed by atoms with van der Waals surface area (Å²) in [6.45, 7) is 3.32. The van der Waals surface area contributed by atoms with Crippen LogP contribution in [0.4, 0.5) is 5.82 Å². The molecule has 6 heteroatoms. The number of carbonyl (C=O) groups excluding carboxylic acids is 1. The highest BCUT2D eigenvalue weighted by molar-refractivity contribution is 5.92. The number of nitrogens with zero attached hydrogens (tertiary/aromatic N) is 3. The van der Waals surface area contributed by atoms with Gasteiger partial charge < -0.3 is 15.5 Å². The van der Waals surface area contributed by atoms with Crippen LogP contribution in [0.3, 0.4) is 0 Å². The summed E-state index contributed by atoms with van der Waals surface area (Å²) >= 11 is 0. The Labute approximate surface area is 112 Å². The van der Waals surface area contributed by atoms with E-state index in [-0.39, 0.29) is 11.9 Å². The van der Waals surface area contributed by atoms with E-state index in [0.717, 1.165) is 6.54 Å². The molecule has 2 N–H and O–H groups in total. The summed E-state index contributed by atoms with van der Waals surface area (Å²) < 4.78 is 0. The average Bonchev–Trinajstić information content (AvgIpc) is 2.48. The highest BCUT2D eigenvalue weighted by Crippen LogP contribution is 2.27.